The summed E-state index contributed by atoms with van der Waals surface area (Å²) in [5.41, 5.74) is -2.48. The molecule has 0 aromatic heterocycles. The van der Waals surface area contributed by atoms with Gasteiger partial charge < -0.3 is 15.1 Å². The van der Waals surface area contributed by atoms with E-state index in [1.165, 1.54) is 26.2 Å². The van der Waals surface area contributed by atoms with Gasteiger partial charge in [-0.05, 0) is 0 Å². The summed E-state index contributed by atoms with van der Waals surface area (Å²) in [7, 11) is 2.78. The monoisotopic (exact) mass is 223 g/mol. The fourth-order valence-corrected chi connectivity index (χ4v) is 1.34. The van der Waals surface area contributed by atoms with Gasteiger partial charge in [0.05, 0.1) is 0 Å². The van der Waals surface area contributed by atoms with Crippen molar-refractivity contribution >= 4 is 11.9 Å². The van der Waals surface area contributed by atoms with Crippen LogP contribution in [0.2, 0.25) is 0 Å². The maximum absolute atomic E-state index is 11.7. The van der Waals surface area contributed by atoms with Crippen molar-refractivity contribution in [1.29, 1.82) is 0 Å². The van der Waals surface area contributed by atoms with Gasteiger partial charge in [0.25, 0.3) is 11.5 Å². The number of carbonyl (C=O) groups excluding carboxylic acids is 1. The fourth-order valence-electron chi connectivity index (χ4n) is 1.34. The highest BCUT2D eigenvalue weighted by molar-refractivity contribution is 6.05. The zero-order chi connectivity index (χ0) is 12.3. The first-order valence-electron chi connectivity index (χ1n) is 4.63. The van der Waals surface area contributed by atoms with Gasteiger partial charge in [-0.3, -0.25) is 4.79 Å². The lowest BCUT2D eigenvalue weighted by atomic mass is 9.92. The molecule has 0 spiro atoms. The molecule has 1 rings (SSSR count). The number of hydrogen-bond acceptors (Lipinski definition) is 3. The second kappa shape index (κ2) is 4.32. The molecule has 0 aliphatic heterocycles. The van der Waals surface area contributed by atoms with Gasteiger partial charge in [0, 0.05) is 19.7 Å². The molecule has 0 radical (unpaired) electrons. The van der Waals surface area contributed by atoms with Crippen LogP contribution in [0.3, 0.4) is 0 Å². The van der Waals surface area contributed by atoms with Gasteiger partial charge in [-0.15, -0.1) is 0 Å². The third kappa shape index (κ3) is 1.90. The van der Waals surface area contributed by atoms with Crippen molar-refractivity contribution in [1.82, 2.24) is 4.90 Å². The third-order valence-electron chi connectivity index (χ3n) is 2.22. The first kappa shape index (κ1) is 12.2. The number of carbonyl (C=O) groups is 2. The minimum atomic E-state index is -2.52. The van der Waals surface area contributed by atoms with Crippen LogP contribution in [0.15, 0.2) is 30.3 Å². The molecule has 0 heterocycles. The minimum absolute atomic E-state index is 0.0428. The lowest BCUT2D eigenvalue weighted by molar-refractivity contribution is -0.171. The summed E-state index contributed by atoms with van der Waals surface area (Å²) < 4.78 is 0. The molecule has 0 fully saturated rings. The van der Waals surface area contributed by atoms with Gasteiger partial charge >= 0.3 is 5.97 Å². The lowest BCUT2D eigenvalue weighted by Crippen LogP contribution is -2.49. The van der Waals surface area contributed by atoms with E-state index in [-0.39, 0.29) is 5.56 Å². The number of carboxylic acids is 1. The molecule has 5 nitrogen and oxygen atoms in total. The molecular formula is C11H13NO4. The fraction of sp³-hybridized carbons (Fsp3) is 0.273. The average molecular weight is 223 g/mol. The minimum Gasteiger partial charge on any atom is -0.478 e. The molecular weight excluding hydrogens is 210 g/mol. The van der Waals surface area contributed by atoms with E-state index in [0.717, 1.165) is 4.90 Å². The van der Waals surface area contributed by atoms with E-state index in [2.05, 4.69) is 0 Å². The smallest absolute Gasteiger partial charge is 0.350 e. The molecule has 2 N–H and O–H groups in total. The van der Waals surface area contributed by atoms with Crippen molar-refractivity contribution in [3.05, 3.63) is 35.9 Å². The number of likely N-dealkylation sites (N-methyl/N-ethyl adjacent to an activating group) is 1. The zero-order valence-corrected chi connectivity index (χ0v) is 9.04. The van der Waals surface area contributed by atoms with Gasteiger partial charge in [0.15, 0.2) is 0 Å². The molecule has 1 amide bonds. The second-order valence-electron chi connectivity index (χ2n) is 3.58. The molecule has 0 aliphatic rings. The van der Waals surface area contributed by atoms with Crippen LogP contribution in [0.25, 0.3) is 0 Å². The summed E-state index contributed by atoms with van der Waals surface area (Å²) in [4.78, 5) is 23.8. The van der Waals surface area contributed by atoms with Gasteiger partial charge in [0.1, 0.15) is 0 Å². The predicted octanol–water partition coefficient (Wildman–Crippen LogP) is 0.0470. The Labute approximate surface area is 92.9 Å². The maximum Gasteiger partial charge on any atom is 0.350 e. The Hall–Kier alpha value is -1.88. The number of aliphatic hydroxyl groups is 1. The highest BCUT2D eigenvalue weighted by Crippen LogP contribution is 2.23. The Morgan fingerprint density at radius 1 is 1.19 bits per heavy atom. The molecule has 1 unspecified atom stereocenters. The Morgan fingerprint density at radius 2 is 1.69 bits per heavy atom. The number of carboxylic acid groups (broad SMARTS) is 1. The number of amides is 1. The average Bonchev–Trinajstić information content (AvgIpc) is 2.27. The molecule has 0 aliphatic carbocycles. The van der Waals surface area contributed by atoms with E-state index in [1.807, 2.05) is 0 Å². The maximum atomic E-state index is 11.7. The number of benzene rings is 1. The Balaban J connectivity index is 3.28. The molecule has 0 saturated carbocycles. The number of nitrogens with zero attached hydrogens (tertiary/aromatic N) is 1. The van der Waals surface area contributed by atoms with Crippen LogP contribution >= 0.6 is 0 Å². The van der Waals surface area contributed by atoms with Crippen LogP contribution in [0.1, 0.15) is 5.56 Å². The topological polar surface area (TPSA) is 77.8 Å². The molecule has 1 aromatic rings. The Bertz CT molecular complexity index is 402. The molecule has 0 saturated heterocycles. The van der Waals surface area contributed by atoms with E-state index in [1.54, 1.807) is 18.2 Å². The molecule has 0 bridgehead atoms. The van der Waals surface area contributed by atoms with E-state index in [0.29, 0.717) is 0 Å². The molecule has 86 valence electrons. The SMILES string of the molecule is CN(C)C(=O)C(O)(C(=O)O)c1ccccc1. The highest BCUT2D eigenvalue weighted by Gasteiger charge is 2.47. The van der Waals surface area contributed by atoms with E-state index < -0.39 is 17.5 Å². The summed E-state index contributed by atoms with van der Waals surface area (Å²) in [5, 5.41) is 19.0. The summed E-state index contributed by atoms with van der Waals surface area (Å²) in [5.74, 6) is -2.47. The summed E-state index contributed by atoms with van der Waals surface area (Å²) >= 11 is 0. The van der Waals surface area contributed by atoms with Crippen molar-refractivity contribution in [2.75, 3.05) is 14.1 Å². The van der Waals surface area contributed by atoms with Crippen LogP contribution in [0.5, 0.6) is 0 Å². The van der Waals surface area contributed by atoms with Crippen LogP contribution in [-0.4, -0.2) is 41.1 Å². The largest absolute Gasteiger partial charge is 0.478 e. The van der Waals surface area contributed by atoms with Crippen LogP contribution < -0.4 is 0 Å². The molecule has 16 heavy (non-hydrogen) atoms. The van der Waals surface area contributed by atoms with Crippen molar-refractivity contribution in [2.24, 2.45) is 0 Å². The van der Waals surface area contributed by atoms with Crippen molar-refractivity contribution < 1.29 is 19.8 Å². The summed E-state index contributed by atoms with van der Waals surface area (Å²) in [6.07, 6.45) is 0. The number of hydrogen-bond donors (Lipinski definition) is 2. The Morgan fingerprint density at radius 3 is 2.06 bits per heavy atom. The van der Waals surface area contributed by atoms with Crippen molar-refractivity contribution in [3.8, 4) is 0 Å². The van der Waals surface area contributed by atoms with Gasteiger partial charge in [-0.2, -0.15) is 0 Å². The third-order valence-corrected chi connectivity index (χ3v) is 2.22. The lowest BCUT2D eigenvalue weighted by Gasteiger charge is -2.25. The van der Waals surface area contributed by atoms with Crippen LogP contribution in [0, 0.1) is 0 Å². The summed E-state index contributed by atoms with van der Waals surface area (Å²) in [6, 6.07) is 7.59. The van der Waals surface area contributed by atoms with Crippen LogP contribution in [0.4, 0.5) is 0 Å². The van der Waals surface area contributed by atoms with E-state index in [9.17, 15) is 14.7 Å². The molecule has 1 atom stereocenters. The van der Waals surface area contributed by atoms with Gasteiger partial charge in [0.2, 0.25) is 0 Å². The Kier molecular flexibility index (Phi) is 3.29. The molecule has 5 heteroatoms. The molecule has 1 aromatic carbocycles. The standard InChI is InChI=1S/C11H13NO4/c1-12(2)9(13)11(16,10(14)15)8-6-4-3-5-7-8/h3-7,16H,1-2H3,(H,14,15). The highest BCUT2D eigenvalue weighted by atomic mass is 16.4. The first-order chi connectivity index (χ1) is 7.40. The van der Waals surface area contributed by atoms with Gasteiger partial charge in [-0.25, -0.2) is 4.79 Å². The quantitative estimate of drug-likeness (QED) is 0.709. The predicted molar refractivity (Wildman–Crippen MR) is 56.7 cm³/mol. The second-order valence-corrected chi connectivity index (χ2v) is 3.58. The van der Waals surface area contributed by atoms with Crippen LogP contribution in [-0.2, 0) is 15.2 Å². The van der Waals surface area contributed by atoms with E-state index in [4.69, 9.17) is 5.11 Å². The number of aliphatic carboxylic acids is 1. The first-order valence-corrected chi connectivity index (χ1v) is 4.63. The van der Waals surface area contributed by atoms with Gasteiger partial charge in [-0.1, -0.05) is 30.3 Å². The number of rotatable bonds is 3. The summed E-state index contributed by atoms with van der Waals surface area (Å²) in [6.45, 7) is 0. The zero-order valence-electron chi connectivity index (χ0n) is 9.04. The normalized spacial score (nSPS) is 13.9. The van der Waals surface area contributed by atoms with Crippen molar-refractivity contribution in [3.63, 3.8) is 0 Å². The van der Waals surface area contributed by atoms with Crippen molar-refractivity contribution in [2.45, 2.75) is 5.60 Å². The van der Waals surface area contributed by atoms with E-state index >= 15 is 0 Å².